The molecule has 0 aromatic heterocycles. The van der Waals surface area contributed by atoms with Gasteiger partial charge in [0.2, 0.25) is 11.8 Å². The van der Waals surface area contributed by atoms with Crippen LogP contribution in [0.5, 0.6) is 0 Å². The van der Waals surface area contributed by atoms with Crippen molar-refractivity contribution in [1.82, 2.24) is 9.80 Å². The lowest BCUT2D eigenvalue weighted by Crippen LogP contribution is -2.48. The van der Waals surface area contributed by atoms with E-state index in [0.29, 0.717) is 19.5 Å². The Kier molecular flexibility index (Phi) is 6.11. The fraction of sp³-hybridized carbons (Fsp3) is 0.875. The van der Waals surface area contributed by atoms with Crippen molar-refractivity contribution in [2.24, 2.45) is 11.8 Å². The third-order valence-electron chi connectivity index (χ3n) is 5.16. The molecule has 0 aromatic rings. The molecular formula is C16H25F3N2O3. The lowest BCUT2D eigenvalue weighted by molar-refractivity contribution is -0.186. The predicted molar refractivity (Wildman–Crippen MR) is 81.1 cm³/mol. The van der Waals surface area contributed by atoms with Crippen LogP contribution in [-0.4, -0.2) is 67.2 Å². The maximum Gasteiger partial charge on any atom is 0.391 e. The first kappa shape index (κ1) is 19.0. The zero-order valence-corrected chi connectivity index (χ0v) is 14.1. The van der Waals surface area contributed by atoms with Gasteiger partial charge in [0.05, 0.1) is 12.0 Å². The van der Waals surface area contributed by atoms with Crippen molar-refractivity contribution >= 4 is 11.8 Å². The topological polar surface area (TPSA) is 49.9 Å². The number of hydrogen-bond donors (Lipinski definition) is 0. The van der Waals surface area contributed by atoms with E-state index in [0.717, 1.165) is 0 Å². The van der Waals surface area contributed by atoms with Crippen LogP contribution in [0.4, 0.5) is 13.2 Å². The number of alkyl halides is 3. The van der Waals surface area contributed by atoms with E-state index in [1.165, 1.54) is 11.8 Å². The molecule has 2 fully saturated rings. The van der Waals surface area contributed by atoms with E-state index in [9.17, 15) is 22.8 Å². The normalized spacial score (nSPS) is 26.5. The number of piperidine rings is 2. The molecule has 2 aliphatic rings. The number of hydrogen-bond acceptors (Lipinski definition) is 3. The first-order chi connectivity index (χ1) is 11.2. The SMILES string of the molecule is CO[C@@H]1CCN(C(C)=O)C[C@H]1CC(=O)N1CCC(C(F)(F)F)CC1. The summed E-state index contributed by atoms with van der Waals surface area (Å²) in [4.78, 5) is 27.2. The molecule has 24 heavy (non-hydrogen) atoms. The molecule has 2 rings (SSSR count). The average Bonchev–Trinajstić information content (AvgIpc) is 2.54. The number of methoxy groups -OCH3 is 1. The summed E-state index contributed by atoms with van der Waals surface area (Å²) in [6.07, 6.45) is -3.47. The number of halogens is 3. The van der Waals surface area contributed by atoms with Crippen molar-refractivity contribution in [1.29, 1.82) is 0 Å². The van der Waals surface area contributed by atoms with Crippen LogP contribution < -0.4 is 0 Å². The molecule has 2 atom stereocenters. The number of amides is 2. The van der Waals surface area contributed by atoms with E-state index in [4.69, 9.17) is 4.74 Å². The predicted octanol–water partition coefficient (Wildman–Crippen LogP) is 2.06. The molecule has 8 heteroatoms. The van der Waals surface area contributed by atoms with Crippen molar-refractivity contribution < 1.29 is 27.5 Å². The summed E-state index contributed by atoms with van der Waals surface area (Å²) in [5.41, 5.74) is 0. The van der Waals surface area contributed by atoms with Crippen LogP contribution in [0.1, 0.15) is 32.6 Å². The molecule has 0 spiro atoms. The van der Waals surface area contributed by atoms with E-state index in [1.807, 2.05) is 0 Å². The third-order valence-corrected chi connectivity index (χ3v) is 5.16. The average molecular weight is 350 g/mol. The molecule has 0 unspecified atom stereocenters. The summed E-state index contributed by atoms with van der Waals surface area (Å²) in [6, 6.07) is 0. The second-order valence-electron chi connectivity index (χ2n) is 6.69. The van der Waals surface area contributed by atoms with Crippen LogP contribution in [0.2, 0.25) is 0 Å². The van der Waals surface area contributed by atoms with E-state index >= 15 is 0 Å². The first-order valence-corrected chi connectivity index (χ1v) is 8.35. The monoisotopic (exact) mass is 350 g/mol. The molecule has 0 aliphatic carbocycles. The third kappa shape index (κ3) is 4.62. The second kappa shape index (κ2) is 7.72. The molecule has 0 bridgehead atoms. The lowest BCUT2D eigenvalue weighted by Gasteiger charge is -2.39. The van der Waals surface area contributed by atoms with Gasteiger partial charge in [-0.05, 0) is 19.3 Å². The van der Waals surface area contributed by atoms with Crippen LogP contribution in [0.15, 0.2) is 0 Å². The highest BCUT2D eigenvalue weighted by Gasteiger charge is 2.42. The summed E-state index contributed by atoms with van der Waals surface area (Å²) in [7, 11) is 1.58. The van der Waals surface area contributed by atoms with Crippen LogP contribution in [0.3, 0.4) is 0 Å². The molecule has 2 amide bonds. The summed E-state index contributed by atoms with van der Waals surface area (Å²) in [6.45, 7) is 2.84. The van der Waals surface area contributed by atoms with Gasteiger partial charge in [-0.1, -0.05) is 0 Å². The zero-order chi connectivity index (χ0) is 17.9. The summed E-state index contributed by atoms with van der Waals surface area (Å²) >= 11 is 0. The van der Waals surface area contributed by atoms with Crippen LogP contribution in [-0.2, 0) is 14.3 Å². The van der Waals surface area contributed by atoms with Gasteiger partial charge in [-0.25, -0.2) is 0 Å². The molecule has 0 radical (unpaired) electrons. The zero-order valence-electron chi connectivity index (χ0n) is 14.1. The molecule has 2 saturated heterocycles. The largest absolute Gasteiger partial charge is 0.391 e. The van der Waals surface area contributed by atoms with Gasteiger partial charge in [0.1, 0.15) is 0 Å². The van der Waals surface area contributed by atoms with E-state index in [1.54, 1.807) is 12.0 Å². The summed E-state index contributed by atoms with van der Waals surface area (Å²) in [5.74, 6) is -1.60. The summed E-state index contributed by atoms with van der Waals surface area (Å²) < 4.78 is 43.5. The molecule has 5 nitrogen and oxygen atoms in total. The van der Waals surface area contributed by atoms with Crippen molar-refractivity contribution in [2.45, 2.75) is 44.9 Å². The Bertz CT molecular complexity index is 462. The number of ether oxygens (including phenoxy) is 1. The van der Waals surface area contributed by atoms with Crippen LogP contribution >= 0.6 is 0 Å². The highest BCUT2D eigenvalue weighted by molar-refractivity contribution is 5.77. The molecule has 0 aromatic carbocycles. The highest BCUT2D eigenvalue weighted by Crippen LogP contribution is 2.34. The number of nitrogens with zero attached hydrogens (tertiary/aromatic N) is 2. The molecular weight excluding hydrogens is 325 g/mol. The van der Waals surface area contributed by atoms with Gasteiger partial charge in [0.25, 0.3) is 0 Å². The van der Waals surface area contributed by atoms with Gasteiger partial charge < -0.3 is 14.5 Å². The molecule has 2 heterocycles. The van der Waals surface area contributed by atoms with Crippen molar-refractivity contribution in [2.75, 3.05) is 33.3 Å². The number of carbonyl (C=O) groups is 2. The maximum atomic E-state index is 12.7. The smallest absolute Gasteiger partial charge is 0.381 e. The Morgan fingerprint density at radius 3 is 2.17 bits per heavy atom. The number of rotatable bonds is 3. The van der Waals surface area contributed by atoms with Gasteiger partial charge in [-0.2, -0.15) is 13.2 Å². The molecule has 0 N–H and O–H groups in total. The van der Waals surface area contributed by atoms with Gasteiger partial charge in [0, 0.05) is 52.6 Å². The number of likely N-dealkylation sites (tertiary alicyclic amines) is 2. The Labute approximate surface area is 140 Å². The minimum atomic E-state index is -4.18. The minimum absolute atomic E-state index is 0.0343. The minimum Gasteiger partial charge on any atom is -0.381 e. The van der Waals surface area contributed by atoms with Crippen LogP contribution in [0, 0.1) is 11.8 Å². The molecule has 2 aliphatic heterocycles. The fourth-order valence-corrected chi connectivity index (χ4v) is 3.61. The van der Waals surface area contributed by atoms with Gasteiger partial charge in [0.15, 0.2) is 0 Å². The Morgan fingerprint density at radius 2 is 1.67 bits per heavy atom. The standard InChI is InChI=1S/C16H25F3N2O3/c1-11(22)21-8-5-14(24-2)12(10-21)9-15(23)20-6-3-13(4-7-20)16(17,18)19/h12-14H,3-10H2,1-2H3/t12-,14-/m1/s1. The van der Waals surface area contributed by atoms with E-state index in [2.05, 4.69) is 0 Å². The Morgan fingerprint density at radius 1 is 1.08 bits per heavy atom. The first-order valence-electron chi connectivity index (χ1n) is 8.35. The Balaban J connectivity index is 1.89. The van der Waals surface area contributed by atoms with Crippen molar-refractivity contribution in [3.8, 4) is 0 Å². The lowest BCUT2D eigenvalue weighted by atomic mass is 9.90. The van der Waals surface area contributed by atoms with Crippen molar-refractivity contribution in [3.63, 3.8) is 0 Å². The maximum absolute atomic E-state index is 12.7. The Hall–Kier alpha value is -1.31. The fourth-order valence-electron chi connectivity index (χ4n) is 3.61. The van der Waals surface area contributed by atoms with E-state index < -0.39 is 12.1 Å². The molecule has 0 saturated carbocycles. The van der Waals surface area contributed by atoms with Gasteiger partial charge >= 0.3 is 6.18 Å². The quantitative estimate of drug-likeness (QED) is 0.783. The van der Waals surface area contributed by atoms with Crippen LogP contribution in [0.25, 0.3) is 0 Å². The van der Waals surface area contributed by atoms with Gasteiger partial charge in [-0.15, -0.1) is 0 Å². The van der Waals surface area contributed by atoms with E-state index in [-0.39, 0.29) is 56.2 Å². The number of carbonyl (C=O) groups excluding carboxylic acids is 2. The molecule has 138 valence electrons. The van der Waals surface area contributed by atoms with Crippen molar-refractivity contribution in [3.05, 3.63) is 0 Å². The summed E-state index contributed by atoms with van der Waals surface area (Å²) in [5, 5.41) is 0. The highest BCUT2D eigenvalue weighted by atomic mass is 19.4. The van der Waals surface area contributed by atoms with Gasteiger partial charge in [-0.3, -0.25) is 9.59 Å². The second-order valence-corrected chi connectivity index (χ2v) is 6.69.